The van der Waals surface area contributed by atoms with Gasteiger partial charge in [0.25, 0.3) is 0 Å². The quantitative estimate of drug-likeness (QED) is 0.754. The number of benzene rings is 2. The number of carbonyl (C=O) groups excluding carboxylic acids is 2. The summed E-state index contributed by atoms with van der Waals surface area (Å²) in [5.41, 5.74) is 4.90. The number of aryl methyl sites for hydroxylation is 1. The summed E-state index contributed by atoms with van der Waals surface area (Å²) in [6.07, 6.45) is 0. The molecule has 2 rings (SSSR count). The van der Waals surface area contributed by atoms with Crippen LogP contribution in [-0.2, 0) is 15.0 Å². The Balaban J connectivity index is 2.22. The van der Waals surface area contributed by atoms with Gasteiger partial charge in [0, 0.05) is 18.3 Å². The number of amides is 2. The van der Waals surface area contributed by atoms with E-state index >= 15 is 0 Å². The van der Waals surface area contributed by atoms with E-state index in [0.29, 0.717) is 5.92 Å². The topological polar surface area (TPSA) is 49.4 Å². The minimum atomic E-state index is -0.203. The van der Waals surface area contributed by atoms with Crippen LogP contribution in [0.5, 0.6) is 0 Å². The molecule has 0 aliphatic heterocycles. The number of para-hydroxylation sites is 1. The zero-order valence-corrected chi connectivity index (χ0v) is 18.1. The Hall–Kier alpha value is -2.62. The number of carbonyl (C=O) groups is 2. The number of nitrogens with zero attached hydrogens (tertiary/aromatic N) is 1. The van der Waals surface area contributed by atoms with Crippen molar-refractivity contribution < 1.29 is 9.59 Å². The molecular formula is C24H32N2O2. The first-order valence-electron chi connectivity index (χ1n) is 9.78. The lowest BCUT2D eigenvalue weighted by molar-refractivity contribution is -0.120. The molecule has 150 valence electrons. The van der Waals surface area contributed by atoms with Crippen molar-refractivity contribution in [1.82, 2.24) is 0 Å². The summed E-state index contributed by atoms with van der Waals surface area (Å²) in [4.78, 5) is 26.5. The molecule has 0 aliphatic rings. The summed E-state index contributed by atoms with van der Waals surface area (Å²) in [5.74, 6) is -0.0668. The Labute approximate surface area is 169 Å². The maximum Gasteiger partial charge on any atom is 0.244 e. The van der Waals surface area contributed by atoms with Crippen LogP contribution >= 0.6 is 0 Å². The highest BCUT2D eigenvalue weighted by Gasteiger charge is 2.19. The van der Waals surface area contributed by atoms with Gasteiger partial charge in [-0.3, -0.25) is 9.59 Å². The van der Waals surface area contributed by atoms with Crippen molar-refractivity contribution >= 4 is 23.2 Å². The van der Waals surface area contributed by atoms with Crippen LogP contribution in [0.15, 0.2) is 42.5 Å². The number of hydrogen-bond donors (Lipinski definition) is 1. The zero-order valence-electron chi connectivity index (χ0n) is 18.1. The molecule has 2 aromatic carbocycles. The van der Waals surface area contributed by atoms with E-state index in [-0.39, 0.29) is 23.8 Å². The lowest BCUT2D eigenvalue weighted by Gasteiger charge is -2.24. The number of anilines is 2. The van der Waals surface area contributed by atoms with Crippen molar-refractivity contribution in [1.29, 1.82) is 0 Å². The van der Waals surface area contributed by atoms with Gasteiger partial charge in [-0.05, 0) is 47.1 Å². The predicted octanol–water partition coefficient (Wildman–Crippen LogP) is 5.41. The molecule has 4 nitrogen and oxygen atoms in total. The Morgan fingerprint density at radius 3 is 2.14 bits per heavy atom. The molecule has 1 N–H and O–H groups in total. The molecule has 0 unspecified atom stereocenters. The van der Waals surface area contributed by atoms with E-state index in [0.717, 1.165) is 22.5 Å². The van der Waals surface area contributed by atoms with E-state index in [2.05, 4.69) is 39.9 Å². The molecule has 0 heterocycles. The second-order valence-electron chi connectivity index (χ2n) is 8.64. The highest BCUT2D eigenvalue weighted by Crippen LogP contribution is 2.28. The molecular weight excluding hydrogens is 348 g/mol. The normalized spacial score (nSPS) is 11.4. The van der Waals surface area contributed by atoms with Crippen molar-refractivity contribution in [3.63, 3.8) is 0 Å². The van der Waals surface area contributed by atoms with Crippen molar-refractivity contribution in [2.75, 3.05) is 16.8 Å². The van der Waals surface area contributed by atoms with E-state index < -0.39 is 0 Å². The predicted molar refractivity (Wildman–Crippen MR) is 117 cm³/mol. The van der Waals surface area contributed by atoms with Gasteiger partial charge in [-0.1, -0.05) is 65.0 Å². The molecule has 0 saturated carbocycles. The summed E-state index contributed by atoms with van der Waals surface area (Å²) in [5, 5.41) is 3.02. The number of hydrogen-bond acceptors (Lipinski definition) is 2. The van der Waals surface area contributed by atoms with E-state index in [1.54, 1.807) is 0 Å². The minimum Gasteiger partial charge on any atom is -0.324 e. The fourth-order valence-corrected chi connectivity index (χ4v) is 3.19. The van der Waals surface area contributed by atoms with E-state index in [1.165, 1.54) is 17.4 Å². The van der Waals surface area contributed by atoms with Gasteiger partial charge in [-0.2, -0.15) is 0 Å². The fraction of sp³-hybridized carbons (Fsp3) is 0.417. The maximum atomic E-state index is 12.7. The maximum absolute atomic E-state index is 12.7. The molecule has 0 radical (unpaired) electrons. The highest BCUT2D eigenvalue weighted by atomic mass is 16.2. The standard InChI is InChI=1S/C24H32N2O2/c1-16(2)21-10-8-9-17(3)23(21)25-22(28)15-26(18(4)27)20-13-11-19(12-14-20)24(5,6)7/h8-14,16H,15H2,1-7H3,(H,25,28). The SMILES string of the molecule is CC(=O)N(CC(=O)Nc1c(C)cccc1C(C)C)c1ccc(C(C)(C)C)cc1. The average molecular weight is 381 g/mol. The fourth-order valence-electron chi connectivity index (χ4n) is 3.19. The summed E-state index contributed by atoms with van der Waals surface area (Å²) >= 11 is 0. The molecule has 0 fully saturated rings. The molecule has 0 saturated heterocycles. The van der Waals surface area contributed by atoms with Gasteiger partial charge in [0.15, 0.2) is 0 Å². The van der Waals surface area contributed by atoms with Gasteiger partial charge in [0.05, 0.1) is 0 Å². The molecule has 0 aliphatic carbocycles. The molecule has 2 aromatic rings. The second kappa shape index (κ2) is 8.59. The van der Waals surface area contributed by atoms with E-state index in [4.69, 9.17) is 0 Å². The molecule has 0 spiro atoms. The monoisotopic (exact) mass is 380 g/mol. The van der Waals surface area contributed by atoms with Crippen LogP contribution in [0.2, 0.25) is 0 Å². The highest BCUT2D eigenvalue weighted by molar-refractivity contribution is 6.02. The van der Waals surface area contributed by atoms with Gasteiger partial charge >= 0.3 is 0 Å². The smallest absolute Gasteiger partial charge is 0.244 e. The van der Waals surface area contributed by atoms with Gasteiger partial charge in [0.2, 0.25) is 11.8 Å². The van der Waals surface area contributed by atoms with Crippen LogP contribution in [0, 0.1) is 6.92 Å². The third kappa shape index (κ3) is 5.22. The first-order chi connectivity index (χ1) is 13.0. The zero-order chi connectivity index (χ0) is 21.1. The van der Waals surface area contributed by atoms with Crippen LogP contribution in [-0.4, -0.2) is 18.4 Å². The first kappa shape index (κ1) is 21.7. The van der Waals surface area contributed by atoms with Gasteiger partial charge in [-0.25, -0.2) is 0 Å². The van der Waals surface area contributed by atoms with E-state index in [1.807, 2.05) is 49.4 Å². The summed E-state index contributed by atoms with van der Waals surface area (Å²) < 4.78 is 0. The van der Waals surface area contributed by atoms with Gasteiger partial charge in [0.1, 0.15) is 6.54 Å². The van der Waals surface area contributed by atoms with Crippen LogP contribution in [0.25, 0.3) is 0 Å². The van der Waals surface area contributed by atoms with Crippen molar-refractivity contribution in [3.8, 4) is 0 Å². The van der Waals surface area contributed by atoms with Crippen LogP contribution in [0.3, 0.4) is 0 Å². The summed E-state index contributed by atoms with van der Waals surface area (Å²) in [6.45, 7) is 14.1. The third-order valence-electron chi connectivity index (χ3n) is 4.92. The lowest BCUT2D eigenvalue weighted by Crippen LogP contribution is -2.37. The lowest BCUT2D eigenvalue weighted by atomic mass is 9.87. The Morgan fingerprint density at radius 2 is 1.64 bits per heavy atom. The van der Waals surface area contributed by atoms with Crippen molar-refractivity contribution in [2.45, 2.75) is 59.8 Å². The second-order valence-corrected chi connectivity index (χ2v) is 8.64. The number of nitrogens with one attached hydrogen (secondary N) is 1. The largest absolute Gasteiger partial charge is 0.324 e. The average Bonchev–Trinajstić information content (AvgIpc) is 2.60. The van der Waals surface area contributed by atoms with E-state index in [9.17, 15) is 9.59 Å². The molecule has 2 amide bonds. The summed E-state index contributed by atoms with van der Waals surface area (Å²) in [7, 11) is 0. The molecule has 0 aromatic heterocycles. The van der Waals surface area contributed by atoms with Crippen LogP contribution in [0.4, 0.5) is 11.4 Å². The van der Waals surface area contributed by atoms with Crippen molar-refractivity contribution in [3.05, 3.63) is 59.2 Å². The Morgan fingerprint density at radius 1 is 1.04 bits per heavy atom. The van der Waals surface area contributed by atoms with Gasteiger partial charge in [-0.15, -0.1) is 0 Å². The minimum absolute atomic E-state index is 0.0178. The Kier molecular flexibility index (Phi) is 6.65. The molecule has 28 heavy (non-hydrogen) atoms. The third-order valence-corrected chi connectivity index (χ3v) is 4.92. The van der Waals surface area contributed by atoms with Crippen LogP contribution < -0.4 is 10.2 Å². The van der Waals surface area contributed by atoms with Gasteiger partial charge < -0.3 is 10.2 Å². The first-order valence-corrected chi connectivity index (χ1v) is 9.78. The number of rotatable bonds is 5. The Bertz CT molecular complexity index is 846. The molecule has 0 bridgehead atoms. The van der Waals surface area contributed by atoms with Crippen molar-refractivity contribution in [2.24, 2.45) is 0 Å². The molecule has 4 heteroatoms. The summed E-state index contributed by atoms with van der Waals surface area (Å²) in [6, 6.07) is 13.9. The van der Waals surface area contributed by atoms with Crippen LogP contribution in [0.1, 0.15) is 64.2 Å². The molecule has 0 atom stereocenters.